The van der Waals surface area contributed by atoms with Gasteiger partial charge in [-0.15, -0.1) is 0 Å². The second kappa shape index (κ2) is 9.30. The molecule has 1 aliphatic heterocycles. The van der Waals surface area contributed by atoms with Crippen LogP contribution in [-0.2, 0) is 4.79 Å². The molecule has 0 spiro atoms. The van der Waals surface area contributed by atoms with Crippen molar-refractivity contribution in [2.45, 2.75) is 19.5 Å². The Morgan fingerprint density at radius 2 is 1.77 bits per heavy atom. The van der Waals surface area contributed by atoms with Gasteiger partial charge in [-0.1, -0.05) is 35.9 Å². The van der Waals surface area contributed by atoms with E-state index in [-0.39, 0.29) is 18.5 Å². The van der Waals surface area contributed by atoms with Crippen molar-refractivity contribution in [1.82, 2.24) is 19.4 Å². The highest BCUT2D eigenvalue weighted by Crippen LogP contribution is 2.29. The van der Waals surface area contributed by atoms with Gasteiger partial charge < -0.3 is 5.32 Å². The van der Waals surface area contributed by atoms with Gasteiger partial charge >= 0.3 is 6.55 Å². The van der Waals surface area contributed by atoms with Crippen LogP contribution in [0.25, 0.3) is 11.0 Å². The second-order valence-corrected chi connectivity index (χ2v) is 8.03. The number of fused-ring (bicyclic) bond motifs is 1. The van der Waals surface area contributed by atoms with Crippen molar-refractivity contribution in [3.8, 4) is 0 Å². The SMILES string of the molecule is CC(c1nc2ccccc2n1C(F)F)N1CCN(CC(=O)Nc2ccccc2Cl)CC1. The lowest BCUT2D eigenvalue weighted by Gasteiger charge is -2.37. The minimum absolute atomic E-state index is 0.130. The molecule has 1 atom stereocenters. The lowest BCUT2D eigenvalue weighted by Crippen LogP contribution is -2.49. The van der Waals surface area contributed by atoms with Crippen molar-refractivity contribution in [1.29, 1.82) is 0 Å². The minimum Gasteiger partial charge on any atom is -0.324 e. The molecule has 4 rings (SSSR count). The predicted molar refractivity (Wildman–Crippen MR) is 117 cm³/mol. The second-order valence-electron chi connectivity index (χ2n) is 7.62. The maximum absolute atomic E-state index is 13.8. The monoisotopic (exact) mass is 447 g/mol. The molecule has 9 heteroatoms. The molecule has 1 aliphatic rings. The number of hydrogen-bond donors (Lipinski definition) is 1. The number of benzene rings is 2. The third-order valence-corrected chi connectivity index (χ3v) is 5.99. The molecular weight excluding hydrogens is 424 g/mol. The van der Waals surface area contributed by atoms with Crippen molar-refractivity contribution >= 4 is 34.2 Å². The summed E-state index contributed by atoms with van der Waals surface area (Å²) in [4.78, 5) is 21.0. The molecule has 1 aromatic heterocycles. The Morgan fingerprint density at radius 3 is 2.48 bits per heavy atom. The number of hydrogen-bond acceptors (Lipinski definition) is 4. The average molecular weight is 448 g/mol. The lowest BCUT2D eigenvalue weighted by molar-refractivity contribution is -0.117. The van der Waals surface area contributed by atoms with E-state index in [0.717, 1.165) is 4.57 Å². The zero-order valence-corrected chi connectivity index (χ0v) is 17.9. The third-order valence-electron chi connectivity index (χ3n) is 5.66. The van der Waals surface area contributed by atoms with Crippen molar-refractivity contribution in [3.63, 3.8) is 0 Å². The molecule has 1 saturated heterocycles. The molecule has 0 saturated carbocycles. The fourth-order valence-electron chi connectivity index (χ4n) is 3.99. The van der Waals surface area contributed by atoms with E-state index < -0.39 is 6.55 Å². The molecule has 1 N–H and O–H groups in total. The van der Waals surface area contributed by atoms with Crippen molar-refractivity contribution in [2.24, 2.45) is 0 Å². The molecular formula is C22H24ClF2N5O. The number of anilines is 1. The molecule has 1 unspecified atom stereocenters. The molecule has 31 heavy (non-hydrogen) atoms. The maximum atomic E-state index is 13.8. The molecule has 0 radical (unpaired) electrons. The van der Waals surface area contributed by atoms with Crippen molar-refractivity contribution < 1.29 is 13.6 Å². The predicted octanol–water partition coefficient (Wildman–Crippen LogP) is 4.40. The average Bonchev–Trinajstić information content (AvgIpc) is 3.15. The summed E-state index contributed by atoms with van der Waals surface area (Å²) in [7, 11) is 0. The van der Waals surface area contributed by atoms with Crippen LogP contribution in [0.5, 0.6) is 0 Å². The Balaban J connectivity index is 1.38. The first-order chi connectivity index (χ1) is 14.9. The number of nitrogens with zero attached hydrogens (tertiary/aromatic N) is 4. The number of piperazine rings is 1. The number of amides is 1. The minimum atomic E-state index is -2.65. The molecule has 0 aliphatic carbocycles. The van der Waals surface area contributed by atoms with Gasteiger partial charge in [0, 0.05) is 26.2 Å². The quantitative estimate of drug-likeness (QED) is 0.608. The van der Waals surface area contributed by atoms with E-state index in [1.807, 2.05) is 17.9 Å². The zero-order chi connectivity index (χ0) is 22.0. The fourth-order valence-corrected chi connectivity index (χ4v) is 4.17. The van der Waals surface area contributed by atoms with E-state index in [1.54, 1.807) is 42.5 Å². The Hall–Kier alpha value is -2.55. The van der Waals surface area contributed by atoms with Gasteiger partial charge in [-0.25, -0.2) is 4.98 Å². The number of carbonyl (C=O) groups excluding carboxylic acids is 1. The zero-order valence-electron chi connectivity index (χ0n) is 17.1. The van der Waals surface area contributed by atoms with Crippen LogP contribution < -0.4 is 5.32 Å². The molecule has 164 valence electrons. The summed E-state index contributed by atoms with van der Waals surface area (Å²) >= 11 is 6.09. The van der Waals surface area contributed by atoms with Gasteiger partial charge in [0.2, 0.25) is 5.91 Å². The van der Waals surface area contributed by atoms with Crippen LogP contribution in [0.15, 0.2) is 48.5 Å². The number of rotatable bonds is 6. The number of carbonyl (C=O) groups is 1. The van der Waals surface area contributed by atoms with Crippen LogP contribution in [0.2, 0.25) is 5.02 Å². The van der Waals surface area contributed by atoms with Gasteiger partial charge in [-0.2, -0.15) is 8.78 Å². The topological polar surface area (TPSA) is 53.4 Å². The van der Waals surface area contributed by atoms with E-state index in [1.165, 1.54) is 0 Å². The normalized spacial score (nSPS) is 16.7. The molecule has 1 fully saturated rings. The van der Waals surface area contributed by atoms with Gasteiger partial charge in [0.05, 0.1) is 34.3 Å². The van der Waals surface area contributed by atoms with E-state index in [4.69, 9.17) is 11.6 Å². The Morgan fingerprint density at radius 1 is 1.10 bits per heavy atom. The molecule has 6 nitrogen and oxygen atoms in total. The number of nitrogens with one attached hydrogen (secondary N) is 1. The van der Waals surface area contributed by atoms with Gasteiger partial charge in [0.15, 0.2) is 0 Å². The molecule has 1 amide bonds. The number of aromatic nitrogens is 2. The van der Waals surface area contributed by atoms with Crippen molar-refractivity contribution in [3.05, 3.63) is 59.4 Å². The van der Waals surface area contributed by atoms with Gasteiger partial charge in [-0.05, 0) is 31.2 Å². The lowest BCUT2D eigenvalue weighted by atomic mass is 10.2. The first-order valence-corrected chi connectivity index (χ1v) is 10.6. The van der Waals surface area contributed by atoms with Crippen molar-refractivity contribution in [2.75, 3.05) is 38.0 Å². The van der Waals surface area contributed by atoms with Crippen LogP contribution in [0.4, 0.5) is 14.5 Å². The number of alkyl halides is 2. The first kappa shape index (κ1) is 21.7. The summed E-state index contributed by atoms with van der Waals surface area (Å²) in [6.45, 7) is 2.15. The van der Waals surface area contributed by atoms with E-state index in [0.29, 0.717) is 53.7 Å². The summed E-state index contributed by atoms with van der Waals surface area (Å²) in [6.07, 6.45) is 0. The number of halogens is 3. The summed E-state index contributed by atoms with van der Waals surface area (Å²) < 4.78 is 28.6. The third kappa shape index (κ3) is 4.71. The number of para-hydroxylation sites is 3. The summed E-state index contributed by atoms with van der Waals surface area (Å²) in [5.41, 5.74) is 1.60. The maximum Gasteiger partial charge on any atom is 0.320 e. The van der Waals surface area contributed by atoms with Crippen LogP contribution in [0.3, 0.4) is 0 Å². The molecule has 3 aromatic rings. The molecule has 2 aromatic carbocycles. The molecule has 2 heterocycles. The highest BCUT2D eigenvalue weighted by Gasteiger charge is 2.28. The van der Waals surface area contributed by atoms with E-state index >= 15 is 0 Å². The van der Waals surface area contributed by atoms with Crippen LogP contribution in [0, 0.1) is 0 Å². The van der Waals surface area contributed by atoms with E-state index in [2.05, 4.69) is 15.2 Å². The summed E-state index contributed by atoms with van der Waals surface area (Å²) in [5, 5.41) is 3.33. The summed E-state index contributed by atoms with van der Waals surface area (Å²) in [5.74, 6) is 0.232. The largest absolute Gasteiger partial charge is 0.324 e. The first-order valence-electron chi connectivity index (χ1n) is 10.2. The highest BCUT2D eigenvalue weighted by molar-refractivity contribution is 6.33. The molecule has 0 bridgehead atoms. The van der Waals surface area contributed by atoms with Gasteiger partial charge in [0.1, 0.15) is 5.82 Å². The fraction of sp³-hybridized carbons (Fsp3) is 0.364. The van der Waals surface area contributed by atoms with Crippen LogP contribution in [0.1, 0.15) is 25.3 Å². The van der Waals surface area contributed by atoms with Crippen LogP contribution >= 0.6 is 11.6 Å². The Kier molecular flexibility index (Phi) is 6.50. The Labute approximate surface area is 184 Å². The number of imidazole rings is 1. The van der Waals surface area contributed by atoms with Gasteiger partial charge in [-0.3, -0.25) is 19.2 Å². The smallest absolute Gasteiger partial charge is 0.320 e. The van der Waals surface area contributed by atoms with Crippen LogP contribution in [-0.4, -0.2) is 58.0 Å². The standard InChI is InChI=1S/C22H24ClF2N5O/c1-15(21-27-18-8-4-5-9-19(18)30(21)22(24)25)29-12-10-28(11-13-29)14-20(31)26-17-7-3-2-6-16(17)23/h2-9,15,22H,10-14H2,1H3,(H,26,31). The Bertz CT molecular complexity index is 1060. The van der Waals surface area contributed by atoms with Gasteiger partial charge in [0.25, 0.3) is 0 Å². The van der Waals surface area contributed by atoms with E-state index in [9.17, 15) is 13.6 Å². The summed E-state index contributed by atoms with van der Waals surface area (Å²) in [6, 6.07) is 13.8. The highest BCUT2D eigenvalue weighted by atomic mass is 35.5.